The molecular formula is C35H48FN7O3. The van der Waals surface area contributed by atoms with Crippen LogP contribution in [-0.2, 0) is 4.79 Å². The molecule has 0 bridgehead atoms. The van der Waals surface area contributed by atoms with Gasteiger partial charge in [-0.05, 0) is 109 Å². The van der Waals surface area contributed by atoms with Gasteiger partial charge in [0.25, 0.3) is 11.8 Å². The smallest absolute Gasteiger partial charge is 0.282 e. The number of hydrogen-bond donors (Lipinski definition) is 1. The maximum atomic E-state index is 14.4. The molecule has 2 spiro atoms. The zero-order valence-electron chi connectivity index (χ0n) is 27.7. The number of benzene rings is 1. The van der Waals surface area contributed by atoms with Gasteiger partial charge >= 0.3 is 0 Å². The molecular weight excluding hydrogens is 585 g/mol. The van der Waals surface area contributed by atoms with Crippen LogP contribution in [0, 0.1) is 22.6 Å². The number of nitrogens with zero attached hydrogens (tertiary/aromatic N) is 6. The average molecular weight is 634 g/mol. The van der Waals surface area contributed by atoms with E-state index in [1.54, 1.807) is 0 Å². The molecule has 248 valence electrons. The number of likely N-dealkylation sites (tertiary alicyclic amines) is 1. The molecule has 0 radical (unpaired) electrons. The van der Waals surface area contributed by atoms with Crippen LogP contribution in [-0.4, -0.2) is 87.1 Å². The van der Waals surface area contributed by atoms with Crippen molar-refractivity contribution in [3.8, 4) is 11.6 Å². The first-order valence-corrected chi connectivity index (χ1v) is 17.2. The molecule has 0 unspecified atom stereocenters. The normalized spacial score (nSPS) is 27.1. The number of ether oxygens (including phenoxy) is 1. The number of halogens is 1. The molecule has 7 rings (SSSR count). The summed E-state index contributed by atoms with van der Waals surface area (Å²) in [4.78, 5) is 37.2. The second-order valence-corrected chi connectivity index (χ2v) is 15.8. The molecule has 2 aliphatic carbocycles. The molecule has 3 aliphatic heterocycles. The van der Waals surface area contributed by atoms with Crippen LogP contribution in [0.25, 0.3) is 0 Å². The van der Waals surface area contributed by atoms with E-state index >= 15 is 0 Å². The van der Waals surface area contributed by atoms with Gasteiger partial charge in [0.05, 0.1) is 5.56 Å². The van der Waals surface area contributed by atoms with Gasteiger partial charge in [0.15, 0.2) is 5.82 Å². The molecule has 2 amide bonds. The molecule has 2 saturated carbocycles. The third kappa shape index (κ3) is 6.07. The summed E-state index contributed by atoms with van der Waals surface area (Å²) in [5.41, 5.74) is 0.214. The van der Waals surface area contributed by atoms with Crippen molar-refractivity contribution in [2.45, 2.75) is 103 Å². The molecule has 1 aromatic heterocycles. The molecule has 5 aliphatic rings. The van der Waals surface area contributed by atoms with Crippen LogP contribution >= 0.6 is 0 Å². The van der Waals surface area contributed by atoms with E-state index in [-0.39, 0.29) is 57.5 Å². The Labute approximate surface area is 271 Å². The Balaban J connectivity index is 0.945. The summed E-state index contributed by atoms with van der Waals surface area (Å²) in [7, 11) is 0. The summed E-state index contributed by atoms with van der Waals surface area (Å²) in [6.45, 7) is 13.2. The monoisotopic (exact) mass is 633 g/mol. The second-order valence-electron chi connectivity index (χ2n) is 15.8. The molecule has 1 aromatic carbocycles. The Bertz CT molecular complexity index is 1470. The Morgan fingerprint density at radius 1 is 1.11 bits per heavy atom. The lowest BCUT2D eigenvalue weighted by Gasteiger charge is -2.54. The van der Waals surface area contributed by atoms with E-state index in [2.05, 4.69) is 44.1 Å². The summed E-state index contributed by atoms with van der Waals surface area (Å²) in [6, 6.07) is 4.24. The third-order valence-electron chi connectivity index (χ3n) is 11.3. The molecule has 4 heterocycles. The highest BCUT2D eigenvalue weighted by Gasteiger charge is 2.51. The number of amides is 2. The van der Waals surface area contributed by atoms with Crippen molar-refractivity contribution < 1.29 is 18.7 Å². The largest absolute Gasteiger partial charge is 0.434 e. The fourth-order valence-corrected chi connectivity index (χ4v) is 8.62. The summed E-state index contributed by atoms with van der Waals surface area (Å²) in [5, 5.41) is 11.6. The zero-order valence-corrected chi connectivity index (χ0v) is 27.7. The highest BCUT2D eigenvalue weighted by molar-refractivity contribution is 5.97. The molecule has 10 nitrogen and oxygen atoms in total. The lowest BCUT2D eigenvalue weighted by Crippen LogP contribution is -2.61. The maximum absolute atomic E-state index is 14.4. The van der Waals surface area contributed by atoms with Crippen molar-refractivity contribution in [3.63, 3.8) is 0 Å². The first kappa shape index (κ1) is 31.3. The zero-order chi connectivity index (χ0) is 32.3. The quantitative estimate of drug-likeness (QED) is 0.424. The molecule has 2 aromatic rings. The van der Waals surface area contributed by atoms with Crippen molar-refractivity contribution >= 4 is 17.6 Å². The predicted octanol–water partition coefficient (Wildman–Crippen LogP) is 5.19. The molecule has 5 fully saturated rings. The van der Waals surface area contributed by atoms with Gasteiger partial charge in [-0.2, -0.15) is 0 Å². The number of aromatic nitrogens is 3. The van der Waals surface area contributed by atoms with Crippen LogP contribution < -0.4 is 15.0 Å². The van der Waals surface area contributed by atoms with Crippen LogP contribution in [0.1, 0.15) is 95.8 Å². The number of carbonyl (C=O) groups is 2. The van der Waals surface area contributed by atoms with Gasteiger partial charge in [-0.25, -0.2) is 9.37 Å². The van der Waals surface area contributed by atoms with Crippen molar-refractivity contribution in [1.29, 1.82) is 0 Å². The van der Waals surface area contributed by atoms with Crippen LogP contribution in [0.3, 0.4) is 0 Å². The van der Waals surface area contributed by atoms with Crippen molar-refractivity contribution in [2.24, 2.45) is 16.7 Å². The Morgan fingerprint density at radius 2 is 1.83 bits per heavy atom. The molecule has 1 N–H and O–H groups in total. The molecule has 3 saturated heterocycles. The first-order chi connectivity index (χ1) is 21.9. The van der Waals surface area contributed by atoms with E-state index in [9.17, 15) is 14.0 Å². The van der Waals surface area contributed by atoms with Gasteiger partial charge in [0.2, 0.25) is 5.91 Å². The minimum atomic E-state index is -0.484. The van der Waals surface area contributed by atoms with E-state index in [1.165, 1.54) is 37.4 Å². The van der Waals surface area contributed by atoms with Gasteiger partial charge in [0, 0.05) is 48.1 Å². The summed E-state index contributed by atoms with van der Waals surface area (Å²) >= 11 is 0. The first-order valence-electron chi connectivity index (χ1n) is 17.2. The lowest BCUT2D eigenvalue weighted by molar-refractivity contribution is -0.126. The number of hydrogen-bond acceptors (Lipinski definition) is 8. The summed E-state index contributed by atoms with van der Waals surface area (Å²) < 4.78 is 20.6. The highest BCUT2D eigenvalue weighted by atomic mass is 19.1. The fourth-order valence-electron chi connectivity index (χ4n) is 8.62. The number of rotatable bonds is 8. The maximum Gasteiger partial charge on any atom is 0.282 e. The van der Waals surface area contributed by atoms with E-state index in [1.807, 2.05) is 18.7 Å². The van der Waals surface area contributed by atoms with E-state index < -0.39 is 5.82 Å². The van der Waals surface area contributed by atoms with Crippen molar-refractivity contribution in [1.82, 2.24) is 30.3 Å². The van der Waals surface area contributed by atoms with Gasteiger partial charge < -0.3 is 24.8 Å². The van der Waals surface area contributed by atoms with Gasteiger partial charge in [-0.15, -0.1) is 10.2 Å². The van der Waals surface area contributed by atoms with E-state index in [4.69, 9.17) is 4.74 Å². The molecule has 11 heteroatoms. The van der Waals surface area contributed by atoms with Gasteiger partial charge in [-0.1, -0.05) is 13.8 Å². The van der Waals surface area contributed by atoms with Crippen LogP contribution in [0.4, 0.5) is 10.2 Å². The average Bonchev–Trinajstić information content (AvgIpc) is 3.80. The van der Waals surface area contributed by atoms with Gasteiger partial charge in [-0.3, -0.25) is 9.59 Å². The number of carbonyl (C=O) groups excluding carboxylic acids is 2. The van der Waals surface area contributed by atoms with Crippen molar-refractivity contribution in [3.05, 3.63) is 35.9 Å². The standard InChI is InChI=1S/C35H48FN7O3/c1-23(2)43(26-6-7-26)31(44)27-17-25(36)5-8-28(27)46-30-29(37-22-38-40-30)42-20-34(21-42)13-15-41(16-14-34)18-24-9-11-35(12-10-24)19-33(3,4)32(45)39-35/h5,8,17,22-24,26H,6-7,9-16,18-21H2,1-4H3,(H,39,45)/t24-,35-. The van der Waals surface area contributed by atoms with E-state index in [0.717, 1.165) is 77.7 Å². The Hall–Kier alpha value is -3.34. The SMILES string of the molecule is CC(C)N(C(=O)c1cc(F)ccc1Oc1nncnc1N1CC2(CCN(C[C@H]3CC[C@]4(CC3)CC(C)(C)C(=O)N4)CC2)C1)C1CC1. The predicted molar refractivity (Wildman–Crippen MR) is 172 cm³/mol. The number of nitrogens with one attached hydrogen (secondary N) is 1. The van der Waals surface area contributed by atoms with Crippen LogP contribution in [0.15, 0.2) is 24.5 Å². The van der Waals surface area contributed by atoms with Crippen molar-refractivity contribution in [2.75, 3.05) is 37.6 Å². The summed E-state index contributed by atoms with van der Waals surface area (Å²) in [6.07, 6.45) is 11.2. The number of piperidine rings is 1. The minimum Gasteiger partial charge on any atom is -0.434 e. The Kier molecular flexibility index (Phi) is 7.97. The molecule has 0 atom stereocenters. The van der Waals surface area contributed by atoms with Gasteiger partial charge in [0.1, 0.15) is 17.9 Å². The highest BCUT2D eigenvalue weighted by Crippen LogP contribution is 2.47. The minimum absolute atomic E-state index is 0.00265. The van der Waals surface area contributed by atoms with Crippen LogP contribution in [0.5, 0.6) is 11.6 Å². The van der Waals surface area contributed by atoms with Crippen LogP contribution in [0.2, 0.25) is 0 Å². The van der Waals surface area contributed by atoms with E-state index in [0.29, 0.717) is 11.7 Å². The second kappa shape index (κ2) is 11.7. The number of anilines is 1. The summed E-state index contributed by atoms with van der Waals surface area (Å²) in [5.74, 6) is 1.30. The Morgan fingerprint density at radius 3 is 2.46 bits per heavy atom. The fraction of sp³-hybridized carbons (Fsp3) is 0.686. The third-order valence-corrected chi connectivity index (χ3v) is 11.3. The molecule has 46 heavy (non-hydrogen) atoms. The topological polar surface area (TPSA) is 104 Å². The lowest BCUT2D eigenvalue weighted by atomic mass is 9.70.